The first-order valence-electron chi connectivity index (χ1n) is 8.87. The van der Waals surface area contributed by atoms with Crippen molar-refractivity contribution in [1.82, 2.24) is 0 Å². The van der Waals surface area contributed by atoms with Gasteiger partial charge in [-0.2, -0.15) is 8.42 Å². The van der Waals surface area contributed by atoms with Crippen LogP contribution in [0.4, 0.5) is 5.69 Å². The van der Waals surface area contributed by atoms with Gasteiger partial charge in [-0.15, -0.1) is 0 Å². The summed E-state index contributed by atoms with van der Waals surface area (Å²) in [5.41, 5.74) is 1.98. The largest absolute Gasteiger partial charge is 0.294 e. The van der Waals surface area contributed by atoms with E-state index in [4.69, 9.17) is 11.6 Å². The van der Waals surface area contributed by atoms with Crippen molar-refractivity contribution in [3.8, 4) is 0 Å². The molecule has 0 unspecified atom stereocenters. The lowest BCUT2D eigenvalue weighted by Gasteiger charge is -2.18. The van der Waals surface area contributed by atoms with Crippen molar-refractivity contribution >= 4 is 45.2 Å². The fourth-order valence-electron chi connectivity index (χ4n) is 3.04. The van der Waals surface area contributed by atoms with Crippen LogP contribution in [0.2, 0.25) is 5.02 Å². The molecule has 0 saturated heterocycles. The molecule has 1 heterocycles. The van der Waals surface area contributed by atoms with E-state index in [1.807, 2.05) is 36.4 Å². The molecule has 0 atom stereocenters. The molecule has 8 heteroatoms. The van der Waals surface area contributed by atoms with Crippen LogP contribution in [0.15, 0.2) is 94.4 Å². The molecule has 0 bridgehead atoms. The van der Waals surface area contributed by atoms with Gasteiger partial charge in [0.05, 0.1) is 10.6 Å². The number of halogens is 1. The molecule has 6 nitrogen and oxygen atoms in total. The lowest BCUT2D eigenvalue weighted by molar-refractivity contribution is -0.113. The predicted molar refractivity (Wildman–Crippen MR) is 116 cm³/mol. The summed E-state index contributed by atoms with van der Waals surface area (Å²) in [4.78, 5) is 18.9. The average Bonchev–Trinajstić information content (AvgIpc) is 3.06. The normalized spacial score (nSPS) is 15.5. The number of anilines is 1. The van der Waals surface area contributed by atoms with Crippen molar-refractivity contribution in [3.63, 3.8) is 0 Å². The summed E-state index contributed by atoms with van der Waals surface area (Å²) < 4.78 is 31.9. The third-order valence-electron chi connectivity index (χ3n) is 4.48. The second kappa shape index (κ2) is 7.87. The summed E-state index contributed by atoms with van der Waals surface area (Å²) in [6, 6.07) is 21.6. The van der Waals surface area contributed by atoms with E-state index in [2.05, 4.69) is 4.99 Å². The van der Waals surface area contributed by atoms with Crippen LogP contribution < -0.4 is 4.90 Å². The van der Waals surface area contributed by atoms with Crippen LogP contribution in [0, 0.1) is 0 Å². The van der Waals surface area contributed by atoms with Gasteiger partial charge in [0.15, 0.2) is 0 Å². The molecular weight excluding hydrogens is 424 g/mol. The third-order valence-corrected chi connectivity index (χ3v) is 5.69. The maximum absolute atomic E-state index is 13.2. The first-order valence-corrected chi connectivity index (χ1v) is 10.7. The molecule has 1 amide bonds. The Bertz CT molecular complexity index is 1280. The standard InChI is InChI=1S/C22H15ClN2O4S/c23-19-9-5-4-8-16(19)14-20-22(26)25(21(24-20)15-6-2-1-3-7-15)17-10-12-18(13-11-17)30(27,28)29/h1-14H,(H,27,28,29)/b20-14+. The Morgan fingerprint density at radius 3 is 2.17 bits per heavy atom. The van der Waals surface area contributed by atoms with Crippen LogP contribution in [0.3, 0.4) is 0 Å². The lowest BCUT2D eigenvalue weighted by atomic mass is 10.1. The summed E-state index contributed by atoms with van der Waals surface area (Å²) in [6.07, 6.45) is 1.61. The maximum atomic E-state index is 13.2. The van der Waals surface area contributed by atoms with Gasteiger partial charge >= 0.3 is 0 Å². The smallest absolute Gasteiger partial charge is 0.282 e. The molecule has 1 N–H and O–H groups in total. The van der Waals surface area contributed by atoms with Crippen LogP contribution in [-0.2, 0) is 14.9 Å². The van der Waals surface area contributed by atoms with E-state index in [-0.39, 0.29) is 16.5 Å². The van der Waals surface area contributed by atoms with Gasteiger partial charge in [-0.25, -0.2) is 4.99 Å². The van der Waals surface area contributed by atoms with Gasteiger partial charge in [0.25, 0.3) is 16.0 Å². The first-order chi connectivity index (χ1) is 14.3. The summed E-state index contributed by atoms with van der Waals surface area (Å²) in [7, 11) is -4.34. The lowest BCUT2D eigenvalue weighted by Crippen LogP contribution is -2.32. The monoisotopic (exact) mass is 438 g/mol. The zero-order valence-corrected chi connectivity index (χ0v) is 17.0. The first kappa shape index (κ1) is 20.0. The molecule has 0 radical (unpaired) electrons. The Kier molecular flexibility index (Phi) is 5.26. The summed E-state index contributed by atoms with van der Waals surface area (Å²) in [5.74, 6) is 0.0203. The number of carbonyl (C=O) groups excluding carboxylic acids is 1. The van der Waals surface area contributed by atoms with E-state index in [0.29, 0.717) is 27.7 Å². The van der Waals surface area contributed by atoms with E-state index >= 15 is 0 Å². The number of amides is 1. The van der Waals surface area contributed by atoms with Gasteiger partial charge in [-0.3, -0.25) is 14.2 Å². The zero-order chi connectivity index (χ0) is 21.3. The summed E-state index contributed by atoms with van der Waals surface area (Å²) in [5, 5.41) is 0.491. The van der Waals surface area contributed by atoms with Crippen molar-refractivity contribution < 1.29 is 17.8 Å². The average molecular weight is 439 g/mol. The summed E-state index contributed by atoms with van der Waals surface area (Å²) >= 11 is 6.22. The molecule has 1 aliphatic rings. The van der Waals surface area contributed by atoms with Gasteiger partial charge in [0.2, 0.25) is 0 Å². The number of nitrogens with zero attached hydrogens (tertiary/aromatic N) is 2. The number of benzene rings is 3. The fourth-order valence-corrected chi connectivity index (χ4v) is 3.71. The number of carbonyl (C=O) groups is 1. The molecule has 1 aliphatic heterocycles. The molecule has 0 aromatic heterocycles. The second-order valence-corrected chi connectivity index (χ2v) is 8.29. The molecule has 3 aromatic rings. The highest BCUT2D eigenvalue weighted by atomic mass is 35.5. The quantitative estimate of drug-likeness (QED) is 0.482. The second-order valence-electron chi connectivity index (χ2n) is 6.46. The number of amidine groups is 1. The topological polar surface area (TPSA) is 87.0 Å². The minimum absolute atomic E-state index is 0.195. The van der Waals surface area contributed by atoms with Crippen molar-refractivity contribution in [1.29, 1.82) is 0 Å². The van der Waals surface area contributed by atoms with Crippen molar-refractivity contribution in [2.45, 2.75) is 4.90 Å². The van der Waals surface area contributed by atoms with Gasteiger partial charge < -0.3 is 0 Å². The van der Waals surface area contributed by atoms with Crippen LogP contribution in [0.1, 0.15) is 11.1 Å². The maximum Gasteiger partial charge on any atom is 0.294 e. The molecule has 150 valence electrons. The van der Waals surface area contributed by atoms with E-state index in [1.54, 1.807) is 24.3 Å². The SMILES string of the molecule is O=C1/C(=C\c2ccccc2Cl)N=C(c2ccccc2)N1c1ccc(S(=O)(=O)O)cc1. The molecule has 0 fully saturated rings. The van der Waals surface area contributed by atoms with E-state index in [0.717, 1.165) is 0 Å². The van der Waals surface area contributed by atoms with Crippen LogP contribution in [0.5, 0.6) is 0 Å². The summed E-state index contributed by atoms with van der Waals surface area (Å²) in [6.45, 7) is 0. The highest BCUT2D eigenvalue weighted by Crippen LogP contribution is 2.29. The minimum Gasteiger partial charge on any atom is -0.282 e. The number of hydrogen-bond donors (Lipinski definition) is 1. The molecule has 0 spiro atoms. The van der Waals surface area contributed by atoms with Crippen molar-refractivity contribution in [3.05, 3.63) is 101 Å². The Morgan fingerprint density at radius 2 is 1.53 bits per heavy atom. The Balaban J connectivity index is 1.82. The van der Waals surface area contributed by atoms with Gasteiger partial charge in [0, 0.05) is 10.6 Å². The third kappa shape index (κ3) is 3.91. The Morgan fingerprint density at radius 1 is 0.900 bits per heavy atom. The molecule has 30 heavy (non-hydrogen) atoms. The van der Waals surface area contributed by atoms with Crippen molar-refractivity contribution in [2.24, 2.45) is 4.99 Å². The fraction of sp³-hybridized carbons (Fsp3) is 0. The zero-order valence-electron chi connectivity index (χ0n) is 15.4. The molecule has 4 rings (SSSR count). The Labute approximate surface area is 178 Å². The highest BCUT2D eigenvalue weighted by molar-refractivity contribution is 7.85. The molecule has 0 aliphatic carbocycles. The van der Waals surface area contributed by atoms with Crippen LogP contribution in [0.25, 0.3) is 6.08 Å². The van der Waals surface area contributed by atoms with Gasteiger partial charge in [0.1, 0.15) is 11.5 Å². The number of rotatable bonds is 4. The van der Waals surface area contributed by atoms with E-state index in [9.17, 15) is 17.8 Å². The highest BCUT2D eigenvalue weighted by Gasteiger charge is 2.32. The van der Waals surface area contributed by atoms with Crippen LogP contribution in [-0.4, -0.2) is 24.7 Å². The van der Waals surface area contributed by atoms with Crippen LogP contribution >= 0.6 is 11.6 Å². The molecule has 3 aromatic carbocycles. The predicted octanol–water partition coefficient (Wildman–Crippen LogP) is 4.42. The van der Waals surface area contributed by atoms with Gasteiger partial charge in [-0.1, -0.05) is 60.1 Å². The van der Waals surface area contributed by atoms with E-state index in [1.165, 1.54) is 29.2 Å². The number of hydrogen-bond acceptors (Lipinski definition) is 4. The number of aliphatic imine (C=N–C) groups is 1. The Hall–Kier alpha value is -3.26. The minimum atomic E-state index is -4.34. The van der Waals surface area contributed by atoms with E-state index < -0.39 is 10.1 Å². The van der Waals surface area contributed by atoms with Crippen molar-refractivity contribution in [2.75, 3.05) is 4.90 Å². The molecular formula is C22H15ClN2O4S. The molecule has 0 saturated carbocycles. The van der Waals surface area contributed by atoms with Gasteiger partial charge in [-0.05, 0) is 42.0 Å².